The Morgan fingerprint density at radius 2 is 0.705 bits per heavy atom. The van der Waals surface area contributed by atoms with Gasteiger partial charge in [-0.2, -0.15) is 0 Å². The van der Waals surface area contributed by atoms with E-state index < -0.39 is 49.5 Å². The maximum absolute atomic E-state index is 13.2. The van der Waals surface area contributed by atoms with Gasteiger partial charge in [0.25, 0.3) is 0 Å². The lowest BCUT2D eigenvalue weighted by atomic mass is 9.99. The highest BCUT2D eigenvalue weighted by Gasteiger charge is 2.44. The van der Waals surface area contributed by atoms with E-state index in [0.717, 1.165) is 89.9 Å². The number of unbranched alkanes of at least 4 members (excludes halogenated alkanes) is 39. The molecular formula is C79H141NO8. The van der Waals surface area contributed by atoms with Crippen molar-refractivity contribution in [1.29, 1.82) is 0 Å². The lowest BCUT2D eigenvalue weighted by Gasteiger charge is -2.40. The average Bonchev–Trinajstić information content (AvgIpc) is 3.31. The van der Waals surface area contributed by atoms with Crippen molar-refractivity contribution in [3.8, 4) is 0 Å². The van der Waals surface area contributed by atoms with Crippen molar-refractivity contribution in [1.82, 2.24) is 5.32 Å². The molecule has 1 heterocycles. The first kappa shape index (κ1) is 83.1. The number of ether oxygens (including phenoxy) is 2. The third-order valence-electron chi connectivity index (χ3n) is 17.5. The zero-order valence-electron chi connectivity index (χ0n) is 57.2. The molecule has 1 fully saturated rings. The molecule has 0 saturated carbocycles. The molecule has 88 heavy (non-hydrogen) atoms. The second-order valence-corrected chi connectivity index (χ2v) is 25.7. The Morgan fingerprint density at radius 3 is 1.05 bits per heavy atom. The molecule has 9 heteroatoms. The Kier molecular flexibility index (Phi) is 63.3. The molecule has 6 N–H and O–H groups in total. The molecule has 9 nitrogen and oxygen atoms in total. The Hall–Kier alpha value is -2.89. The molecule has 1 rings (SSSR count). The summed E-state index contributed by atoms with van der Waals surface area (Å²) in [7, 11) is 0. The zero-order valence-corrected chi connectivity index (χ0v) is 57.2. The van der Waals surface area contributed by atoms with E-state index in [1.807, 2.05) is 0 Å². The fourth-order valence-electron chi connectivity index (χ4n) is 11.7. The smallest absolute Gasteiger partial charge is 0.220 e. The molecule has 510 valence electrons. The minimum Gasteiger partial charge on any atom is -0.394 e. The zero-order chi connectivity index (χ0) is 63.5. The van der Waals surface area contributed by atoms with Gasteiger partial charge in [0.05, 0.1) is 25.4 Å². The minimum absolute atomic E-state index is 0.138. The first-order valence-corrected chi connectivity index (χ1v) is 37.4. The predicted molar refractivity (Wildman–Crippen MR) is 378 cm³/mol. The fraction of sp³-hybridized carbons (Fsp3) is 0.785. The summed E-state index contributed by atoms with van der Waals surface area (Å²) in [6.07, 6.45) is 90.5. The highest BCUT2D eigenvalue weighted by Crippen LogP contribution is 2.24. The monoisotopic (exact) mass is 1230 g/mol. The number of aliphatic hydroxyl groups excluding tert-OH is 5. The fourth-order valence-corrected chi connectivity index (χ4v) is 11.7. The number of rotatable bonds is 65. The standard InChI is InChI=1S/C79H141NO8/c1-3-5-7-9-11-13-15-17-19-21-23-25-27-29-30-31-32-33-34-35-36-37-38-39-40-41-42-43-44-45-47-49-51-53-55-57-59-61-63-65-67-69-75(83)80-72(71-87-79-78(86)77(85)76(84)74(70-81)88-79)73(82)68-66-64-62-60-58-56-54-52-50-48-46-28-26-24-22-20-18-16-14-12-10-8-6-4-2/h5,7,11,13,17,19,23,25,29-30,32-33,35-36,38-39,72-74,76-79,81-82,84-86H,3-4,6,8-10,12,14-16,18,20-22,24,26-28,31,34,37,40-71H2,1-2H3,(H,80,83)/b7-5-,13-11-,19-17-,25-23-,30-29-,33-32-,36-35-,39-38-. The predicted octanol–water partition coefficient (Wildman–Crippen LogP) is 21.0. The molecule has 1 aliphatic heterocycles. The van der Waals surface area contributed by atoms with Crippen LogP contribution < -0.4 is 5.32 Å². The molecule has 0 aromatic heterocycles. The van der Waals surface area contributed by atoms with Gasteiger partial charge in [-0.1, -0.05) is 355 Å². The van der Waals surface area contributed by atoms with Crippen LogP contribution in [0, 0.1) is 0 Å². The summed E-state index contributed by atoms with van der Waals surface area (Å²) in [4.78, 5) is 13.2. The summed E-state index contributed by atoms with van der Waals surface area (Å²) >= 11 is 0. The highest BCUT2D eigenvalue weighted by atomic mass is 16.7. The summed E-state index contributed by atoms with van der Waals surface area (Å²) in [5.74, 6) is -0.141. The largest absolute Gasteiger partial charge is 0.394 e. The van der Waals surface area contributed by atoms with Crippen LogP contribution in [0.3, 0.4) is 0 Å². The first-order chi connectivity index (χ1) is 43.3. The van der Waals surface area contributed by atoms with Gasteiger partial charge in [-0.15, -0.1) is 0 Å². The van der Waals surface area contributed by atoms with Gasteiger partial charge in [-0.3, -0.25) is 4.79 Å². The van der Waals surface area contributed by atoms with E-state index in [1.54, 1.807) is 0 Å². The summed E-state index contributed by atoms with van der Waals surface area (Å²) in [5.41, 5.74) is 0. The van der Waals surface area contributed by atoms with Gasteiger partial charge in [-0.05, 0) is 77.0 Å². The van der Waals surface area contributed by atoms with Crippen molar-refractivity contribution in [2.75, 3.05) is 13.2 Å². The van der Waals surface area contributed by atoms with Gasteiger partial charge in [0.2, 0.25) is 5.91 Å². The lowest BCUT2D eigenvalue weighted by molar-refractivity contribution is -0.302. The second kappa shape index (κ2) is 67.0. The number of carbonyl (C=O) groups excluding carboxylic acids is 1. The summed E-state index contributed by atoms with van der Waals surface area (Å²) < 4.78 is 11.4. The average molecular weight is 1230 g/mol. The van der Waals surface area contributed by atoms with Gasteiger partial charge in [0, 0.05) is 6.42 Å². The van der Waals surface area contributed by atoms with E-state index in [4.69, 9.17) is 9.47 Å². The molecule has 0 aliphatic carbocycles. The van der Waals surface area contributed by atoms with E-state index in [9.17, 15) is 30.3 Å². The third-order valence-corrected chi connectivity index (χ3v) is 17.5. The molecule has 1 amide bonds. The number of hydrogen-bond donors (Lipinski definition) is 6. The summed E-state index contributed by atoms with van der Waals surface area (Å²) in [5, 5.41) is 55.0. The number of nitrogens with one attached hydrogen (secondary N) is 1. The maximum Gasteiger partial charge on any atom is 0.220 e. The second-order valence-electron chi connectivity index (χ2n) is 25.7. The Balaban J connectivity index is 2.08. The van der Waals surface area contributed by atoms with E-state index in [-0.39, 0.29) is 12.5 Å². The highest BCUT2D eigenvalue weighted by molar-refractivity contribution is 5.76. The number of hydrogen-bond acceptors (Lipinski definition) is 8. The van der Waals surface area contributed by atoms with Crippen molar-refractivity contribution in [2.45, 2.75) is 384 Å². The van der Waals surface area contributed by atoms with Crippen LogP contribution >= 0.6 is 0 Å². The van der Waals surface area contributed by atoms with Crippen LogP contribution in [0.4, 0.5) is 0 Å². The topological polar surface area (TPSA) is 149 Å². The minimum atomic E-state index is -1.56. The third kappa shape index (κ3) is 54.8. The van der Waals surface area contributed by atoms with E-state index >= 15 is 0 Å². The van der Waals surface area contributed by atoms with Crippen LogP contribution in [0.2, 0.25) is 0 Å². The molecule has 0 bridgehead atoms. The number of aliphatic hydroxyl groups is 5. The molecule has 0 radical (unpaired) electrons. The van der Waals surface area contributed by atoms with Crippen molar-refractivity contribution < 1.29 is 39.8 Å². The first-order valence-electron chi connectivity index (χ1n) is 37.4. The van der Waals surface area contributed by atoms with Crippen LogP contribution in [0.15, 0.2) is 97.2 Å². The van der Waals surface area contributed by atoms with Gasteiger partial charge in [0.15, 0.2) is 6.29 Å². The van der Waals surface area contributed by atoms with Crippen molar-refractivity contribution >= 4 is 5.91 Å². The molecule has 0 spiro atoms. The molecule has 0 aromatic rings. The molecular weight excluding hydrogens is 1090 g/mol. The Bertz CT molecular complexity index is 1720. The maximum atomic E-state index is 13.2. The van der Waals surface area contributed by atoms with Crippen molar-refractivity contribution in [3.05, 3.63) is 97.2 Å². The van der Waals surface area contributed by atoms with Crippen LogP contribution in [0.5, 0.6) is 0 Å². The Morgan fingerprint density at radius 1 is 0.398 bits per heavy atom. The van der Waals surface area contributed by atoms with Crippen molar-refractivity contribution in [2.24, 2.45) is 0 Å². The molecule has 1 aliphatic rings. The molecule has 7 atom stereocenters. The SMILES string of the molecule is CC/C=C\C/C=C\C/C=C\C/C=C\C/C=C\C/C=C\C/C=C\C/C=C\CCCCCCCCCCCCCCCCCCC(=O)NC(COC1OC(CO)C(O)C(O)C1O)C(O)CCCCCCCCCCCCCCCCCCCCCCCCCC. The molecule has 0 aromatic carbocycles. The number of amides is 1. The van der Waals surface area contributed by atoms with Crippen LogP contribution in [0.1, 0.15) is 341 Å². The van der Waals surface area contributed by atoms with Gasteiger partial charge in [-0.25, -0.2) is 0 Å². The van der Waals surface area contributed by atoms with Gasteiger partial charge >= 0.3 is 0 Å². The van der Waals surface area contributed by atoms with Crippen LogP contribution in [0.25, 0.3) is 0 Å². The normalized spacial score (nSPS) is 18.5. The van der Waals surface area contributed by atoms with Crippen LogP contribution in [-0.4, -0.2) is 87.5 Å². The molecule has 1 saturated heterocycles. The lowest BCUT2D eigenvalue weighted by Crippen LogP contribution is -2.60. The van der Waals surface area contributed by atoms with E-state index in [0.29, 0.717) is 12.8 Å². The summed E-state index contributed by atoms with van der Waals surface area (Å²) in [6.45, 7) is 3.76. The van der Waals surface area contributed by atoms with E-state index in [2.05, 4.69) is 116 Å². The quantitative estimate of drug-likeness (QED) is 0.0261. The van der Waals surface area contributed by atoms with E-state index in [1.165, 1.54) is 225 Å². The van der Waals surface area contributed by atoms with Crippen LogP contribution in [-0.2, 0) is 14.3 Å². The number of allylic oxidation sites excluding steroid dienone is 16. The van der Waals surface area contributed by atoms with Gasteiger partial charge < -0.3 is 40.3 Å². The molecule has 7 unspecified atom stereocenters. The number of carbonyl (C=O) groups is 1. The van der Waals surface area contributed by atoms with Crippen molar-refractivity contribution in [3.63, 3.8) is 0 Å². The van der Waals surface area contributed by atoms with Gasteiger partial charge in [0.1, 0.15) is 24.4 Å². The summed E-state index contributed by atoms with van der Waals surface area (Å²) in [6, 6.07) is -0.724. The Labute approximate surface area is 543 Å².